The molecular formula is C40H54O. The first-order valence-corrected chi connectivity index (χ1v) is 15.0. The van der Waals surface area contributed by atoms with Crippen molar-refractivity contribution in [2.45, 2.75) is 88.2 Å². The van der Waals surface area contributed by atoms with E-state index in [9.17, 15) is 5.11 Å². The monoisotopic (exact) mass is 550 g/mol. The van der Waals surface area contributed by atoms with Crippen molar-refractivity contribution >= 4 is 0 Å². The molecule has 0 aliphatic heterocycles. The molecule has 0 aromatic heterocycles. The normalized spacial score (nSPS) is 24.7. The molecule has 2 aliphatic rings. The van der Waals surface area contributed by atoms with Gasteiger partial charge in [0.05, 0.1) is 6.10 Å². The van der Waals surface area contributed by atoms with Crippen LogP contribution in [0.3, 0.4) is 0 Å². The lowest BCUT2D eigenvalue weighted by atomic mass is 9.71. The Kier molecular flexibility index (Phi) is 13.1. The third-order valence-electron chi connectivity index (χ3n) is 7.98. The number of rotatable bonds is 10. The van der Waals surface area contributed by atoms with Gasteiger partial charge >= 0.3 is 0 Å². The van der Waals surface area contributed by atoms with Crippen LogP contribution in [-0.4, -0.2) is 11.2 Å². The fraction of sp³-hybridized carbons (Fsp3) is 0.400. The van der Waals surface area contributed by atoms with Gasteiger partial charge in [-0.2, -0.15) is 0 Å². The second kappa shape index (κ2) is 15.7. The van der Waals surface area contributed by atoms with Crippen molar-refractivity contribution in [1.29, 1.82) is 0 Å². The van der Waals surface area contributed by atoms with Crippen LogP contribution in [0, 0.1) is 16.7 Å². The molecule has 0 fully saturated rings. The summed E-state index contributed by atoms with van der Waals surface area (Å²) in [6.07, 6.45) is 38.3. The molecule has 0 aromatic carbocycles. The largest absolute Gasteiger partial charge is 0.393 e. The summed E-state index contributed by atoms with van der Waals surface area (Å²) < 4.78 is 0. The fourth-order valence-corrected chi connectivity index (χ4v) is 5.62. The Morgan fingerprint density at radius 2 is 1.27 bits per heavy atom. The average Bonchev–Trinajstić information content (AvgIpc) is 2.84. The van der Waals surface area contributed by atoms with E-state index in [0.717, 1.165) is 12.8 Å². The van der Waals surface area contributed by atoms with Gasteiger partial charge in [-0.3, -0.25) is 0 Å². The van der Waals surface area contributed by atoms with Crippen molar-refractivity contribution in [1.82, 2.24) is 0 Å². The lowest BCUT2D eigenvalue weighted by Gasteiger charge is -2.35. The van der Waals surface area contributed by atoms with E-state index in [-0.39, 0.29) is 16.9 Å². The second-order valence-electron chi connectivity index (χ2n) is 13.1. The van der Waals surface area contributed by atoms with E-state index >= 15 is 0 Å². The minimum absolute atomic E-state index is 0.0108. The molecule has 220 valence electrons. The molecule has 1 heteroatoms. The Morgan fingerprint density at radius 1 is 0.756 bits per heavy atom. The molecule has 2 atom stereocenters. The molecule has 2 rings (SSSR count). The summed E-state index contributed by atoms with van der Waals surface area (Å²) in [5.41, 5.74) is 9.09. The summed E-state index contributed by atoms with van der Waals surface area (Å²) in [7, 11) is 0. The fourth-order valence-electron chi connectivity index (χ4n) is 5.62. The van der Waals surface area contributed by atoms with Crippen LogP contribution in [0.5, 0.6) is 0 Å². The standard InChI is InChI=1S/C40H54O/c1-30(18-13-20-32(3)23-25-37-34(5)22-15-27-39(37,7)8)16-11-12-17-31(2)19-14-21-33(4)24-26-38-35(6)28-36(41)29-40(38,9)10/h11-27,36-37,41H,28-29H2,1-10H3/b12-11+,18-13?,19-14+,25-23?,26-24+,30-16?,31-17+,32-20?,33-21+. The van der Waals surface area contributed by atoms with E-state index < -0.39 is 0 Å². The first kappa shape index (κ1) is 34.0. The predicted molar refractivity (Wildman–Crippen MR) is 183 cm³/mol. The van der Waals surface area contributed by atoms with Crippen LogP contribution in [0.2, 0.25) is 0 Å². The van der Waals surface area contributed by atoms with E-state index in [2.05, 4.69) is 173 Å². The Morgan fingerprint density at radius 3 is 1.80 bits per heavy atom. The first-order valence-electron chi connectivity index (χ1n) is 15.0. The molecule has 0 bridgehead atoms. The van der Waals surface area contributed by atoms with Crippen LogP contribution in [0.15, 0.2) is 142 Å². The molecule has 0 radical (unpaired) electrons. The highest BCUT2D eigenvalue weighted by atomic mass is 16.3. The summed E-state index contributed by atoms with van der Waals surface area (Å²) >= 11 is 0. The van der Waals surface area contributed by atoms with Gasteiger partial charge in [-0.25, -0.2) is 0 Å². The maximum absolute atomic E-state index is 10.1. The number of allylic oxidation sites excluding steroid dienone is 23. The van der Waals surface area contributed by atoms with Gasteiger partial charge in [0, 0.05) is 5.92 Å². The Labute approximate surface area is 251 Å². The highest BCUT2D eigenvalue weighted by Crippen LogP contribution is 2.41. The van der Waals surface area contributed by atoms with E-state index in [4.69, 9.17) is 0 Å². The van der Waals surface area contributed by atoms with E-state index in [1.807, 2.05) is 0 Å². The van der Waals surface area contributed by atoms with Gasteiger partial charge in [-0.05, 0) is 70.8 Å². The van der Waals surface area contributed by atoms with Crippen LogP contribution in [0.1, 0.15) is 82.1 Å². The van der Waals surface area contributed by atoms with Crippen molar-refractivity contribution < 1.29 is 5.11 Å². The molecule has 2 unspecified atom stereocenters. The molecule has 0 heterocycles. The van der Waals surface area contributed by atoms with Gasteiger partial charge in [0.1, 0.15) is 0 Å². The lowest BCUT2D eigenvalue weighted by Crippen LogP contribution is -2.28. The van der Waals surface area contributed by atoms with Crippen LogP contribution in [0.25, 0.3) is 0 Å². The number of aliphatic hydroxyl groups is 1. The van der Waals surface area contributed by atoms with Crippen molar-refractivity contribution in [3.05, 3.63) is 142 Å². The molecule has 0 saturated heterocycles. The Hall–Kier alpha value is -3.16. The average molecular weight is 551 g/mol. The predicted octanol–water partition coefficient (Wildman–Crippen LogP) is 11.2. The van der Waals surface area contributed by atoms with Crippen LogP contribution in [0.4, 0.5) is 0 Å². The summed E-state index contributed by atoms with van der Waals surface area (Å²) in [4.78, 5) is 0. The SMILES string of the molecule is CC(C=CC1C(C)=CC=CC1(C)C)=CC=CC(C)=C/C=C/C=C(C)/C=C/C=C(C)/C=C/C1=C(C)CC(O)CC1(C)C. The molecule has 0 spiro atoms. The minimum atomic E-state index is -0.222. The third-order valence-corrected chi connectivity index (χ3v) is 7.98. The Balaban J connectivity index is 1.89. The quantitative estimate of drug-likeness (QED) is 0.268. The van der Waals surface area contributed by atoms with Gasteiger partial charge < -0.3 is 5.11 Å². The molecule has 0 saturated carbocycles. The van der Waals surface area contributed by atoms with Crippen LogP contribution < -0.4 is 0 Å². The number of hydrogen-bond acceptors (Lipinski definition) is 1. The Bertz CT molecular complexity index is 1280. The van der Waals surface area contributed by atoms with Gasteiger partial charge in [0.15, 0.2) is 0 Å². The van der Waals surface area contributed by atoms with Gasteiger partial charge in [0.2, 0.25) is 0 Å². The molecule has 0 amide bonds. The summed E-state index contributed by atoms with van der Waals surface area (Å²) in [6.45, 7) is 21.9. The highest BCUT2D eigenvalue weighted by Gasteiger charge is 2.31. The summed E-state index contributed by atoms with van der Waals surface area (Å²) in [5.74, 6) is 0.438. The zero-order chi connectivity index (χ0) is 30.6. The summed E-state index contributed by atoms with van der Waals surface area (Å²) in [6, 6.07) is 0. The van der Waals surface area contributed by atoms with E-state index in [1.54, 1.807) is 0 Å². The van der Waals surface area contributed by atoms with Crippen LogP contribution in [-0.2, 0) is 0 Å². The topological polar surface area (TPSA) is 20.2 Å². The molecule has 2 aliphatic carbocycles. The summed E-state index contributed by atoms with van der Waals surface area (Å²) in [5, 5.41) is 10.1. The van der Waals surface area contributed by atoms with Crippen molar-refractivity contribution in [3.63, 3.8) is 0 Å². The minimum Gasteiger partial charge on any atom is -0.393 e. The zero-order valence-corrected chi connectivity index (χ0v) is 27.3. The molecule has 0 aromatic rings. The second-order valence-corrected chi connectivity index (χ2v) is 13.1. The van der Waals surface area contributed by atoms with Crippen molar-refractivity contribution in [2.24, 2.45) is 16.7 Å². The molecular weight excluding hydrogens is 496 g/mol. The highest BCUT2D eigenvalue weighted by molar-refractivity contribution is 5.38. The maximum Gasteiger partial charge on any atom is 0.0585 e. The third kappa shape index (κ3) is 11.7. The zero-order valence-electron chi connectivity index (χ0n) is 27.3. The van der Waals surface area contributed by atoms with Gasteiger partial charge in [0.25, 0.3) is 0 Å². The van der Waals surface area contributed by atoms with Crippen LogP contribution >= 0.6 is 0 Å². The van der Waals surface area contributed by atoms with Crippen molar-refractivity contribution in [3.8, 4) is 0 Å². The molecule has 1 nitrogen and oxygen atoms in total. The van der Waals surface area contributed by atoms with E-state index in [0.29, 0.717) is 5.92 Å². The van der Waals surface area contributed by atoms with Gasteiger partial charge in [-0.1, -0.05) is 164 Å². The number of aliphatic hydroxyl groups excluding tert-OH is 1. The lowest BCUT2D eigenvalue weighted by molar-refractivity contribution is 0.116. The smallest absolute Gasteiger partial charge is 0.0585 e. The molecule has 41 heavy (non-hydrogen) atoms. The van der Waals surface area contributed by atoms with Crippen molar-refractivity contribution in [2.75, 3.05) is 0 Å². The van der Waals surface area contributed by atoms with E-state index in [1.165, 1.54) is 39.0 Å². The number of hydrogen-bond donors (Lipinski definition) is 1. The van der Waals surface area contributed by atoms with Gasteiger partial charge in [-0.15, -0.1) is 0 Å². The maximum atomic E-state index is 10.1. The molecule has 1 N–H and O–H groups in total. The first-order chi connectivity index (χ1) is 19.2.